The molecule has 19 heavy (non-hydrogen) atoms. The Morgan fingerprint density at radius 2 is 2.37 bits per heavy atom. The SMILES string of the molecule is COc1ccc(Br)c(NC(=O)CCn2ccnn2)c1. The first-order chi connectivity index (χ1) is 9.19. The first kappa shape index (κ1) is 13.5. The van der Waals surface area contributed by atoms with Crippen molar-refractivity contribution >= 4 is 27.5 Å². The van der Waals surface area contributed by atoms with Crippen molar-refractivity contribution in [1.29, 1.82) is 0 Å². The quantitative estimate of drug-likeness (QED) is 0.914. The average molecular weight is 325 g/mol. The fourth-order valence-corrected chi connectivity index (χ4v) is 1.85. The maximum atomic E-state index is 11.8. The number of hydrogen-bond acceptors (Lipinski definition) is 4. The standard InChI is InChI=1S/C12H13BrN4O2/c1-19-9-2-3-10(13)11(8-9)15-12(18)4-6-17-7-5-14-16-17/h2-3,5,7-8H,4,6H2,1H3,(H,15,18). The van der Waals surface area contributed by atoms with Crippen LogP contribution < -0.4 is 10.1 Å². The van der Waals surface area contributed by atoms with Gasteiger partial charge >= 0.3 is 0 Å². The van der Waals surface area contributed by atoms with Crippen LogP contribution in [-0.4, -0.2) is 28.0 Å². The van der Waals surface area contributed by atoms with E-state index in [4.69, 9.17) is 4.74 Å². The maximum Gasteiger partial charge on any atom is 0.226 e. The van der Waals surface area contributed by atoms with E-state index in [1.54, 1.807) is 30.3 Å². The third-order valence-corrected chi connectivity index (χ3v) is 3.18. The third kappa shape index (κ3) is 3.78. The predicted octanol–water partition coefficient (Wildman–Crippen LogP) is 2.08. The van der Waals surface area contributed by atoms with Crippen LogP contribution in [0.5, 0.6) is 5.75 Å². The maximum absolute atomic E-state index is 11.8. The van der Waals surface area contributed by atoms with Crippen LogP contribution >= 0.6 is 15.9 Å². The number of carbonyl (C=O) groups excluding carboxylic acids is 1. The van der Waals surface area contributed by atoms with Crippen molar-refractivity contribution < 1.29 is 9.53 Å². The van der Waals surface area contributed by atoms with Crippen LogP contribution in [-0.2, 0) is 11.3 Å². The molecule has 0 saturated carbocycles. The number of nitrogens with zero attached hydrogens (tertiary/aromatic N) is 3. The summed E-state index contributed by atoms with van der Waals surface area (Å²) in [5.74, 6) is 0.597. The summed E-state index contributed by atoms with van der Waals surface area (Å²) in [6.07, 6.45) is 3.62. The van der Waals surface area contributed by atoms with Crippen molar-refractivity contribution in [3.05, 3.63) is 35.1 Å². The second kappa shape index (κ2) is 6.33. The number of amides is 1. The van der Waals surface area contributed by atoms with Crippen LogP contribution in [0.15, 0.2) is 35.1 Å². The van der Waals surface area contributed by atoms with Crippen molar-refractivity contribution in [2.75, 3.05) is 12.4 Å². The number of benzene rings is 1. The van der Waals surface area contributed by atoms with E-state index >= 15 is 0 Å². The van der Waals surface area contributed by atoms with Crippen LogP contribution in [0.25, 0.3) is 0 Å². The third-order valence-electron chi connectivity index (χ3n) is 2.49. The summed E-state index contributed by atoms with van der Waals surface area (Å²) in [6, 6.07) is 5.40. The summed E-state index contributed by atoms with van der Waals surface area (Å²) < 4.78 is 7.53. The molecule has 7 heteroatoms. The highest BCUT2D eigenvalue weighted by Gasteiger charge is 2.07. The lowest BCUT2D eigenvalue weighted by atomic mass is 10.3. The molecular weight excluding hydrogens is 312 g/mol. The van der Waals surface area contributed by atoms with E-state index in [0.717, 1.165) is 4.47 Å². The number of ether oxygens (including phenoxy) is 1. The molecule has 0 aliphatic carbocycles. The largest absolute Gasteiger partial charge is 0.497 e. The van der Waals surface area contributed by atoms with Gasteiger partial charge in [-0.3, -0.25) is 9.48 Å². The van der Waals surface area contributed by atoms with Gasteiger partial charge in [-0.1, -0.05) is 5.21 Å². The molecule has 100 valence electrons. The number of methoxy groups -OCH3 is 1. The van der Waals surface area contributed by atoms with Crippen LogP contribution in [0.4, 0.5) is 5.69 Å². The minimum absolute atomic E-state index is 0.0931. The van der Waals surface area contributed by atoms with Crippen molar-refractivity contribution in [3.63, 3.8) is 0 Å². The number of hydrogen-bond donors (Lipinski definition) is 1. The molecule has 1 aromatic heterocycles. The molecule has 0 aliphatic heterocycles. The van der Waals surface area contributed by atoms with E-state index in [1.807, 2.05) is 12.1 Å². The van der Waals surface area contributed by atoms with Crippen LogP contribution in [0.2, 0.25) is 0 Å². The molecule has 0 saturated heterocycles. The summed E-state index contributed by atoms with van der Waals surface area (Å²) in [6.45, 7) is 0.493. The predicted molar refractivity (Wildman–Crippen MR) is 74.0 cm³/mol. The zero-order chi connectivity index (χ0) is 13.7. The summed E-state index contributed by atoms with van der Waals surface area (Å²) >= 11 is 3.38. The first-order valence-corrected chi connectivity index (χ1v) is 6.46. The van der Waals surface area contributed by atoms with E-state index in [9.17, 15) is 4.79 Å². The van der Waals surface area contributed by atoms with Crippen molar-refractivity contribution in [3.8, 4) is 5.75 Å². The lowest BCUT2D eigenvalue weighted by molar-refractivity contribution is -0.116. The Morgan fingerprint density at radius 3 is 3.05 bits per heavy atom. The summed E-state index contributed by atoms with van der Waals surface area (Å²) in [7, 11) is 1.58. The minimum Gasteiger partial charge on any atom is -0.497 e. The van der Waals surface area contributed by atoms with Gasteiger partial charge in [-0.15, -0.1) is 5.10 Å². The van der Waals surface area contributed by atoms with Gasteiger partial charge in [0.25, 0.3) is 0 Å². The second-order valence-electron chi connectivity index (χ2n) is 3.81. The van der Waals surface area contributed by atoms with Gasteiger partial charge in [-0.2, -0.15) is 0 Å². The molecule has 1 amide bonds. The van der Waals surface area contributed by atoms with E-state index in [-0.39, 0.29) is 5.91 Å². The Balaban J connectivity index is 1.94. The van der Waals surface area contributed by atoms with Crippen molar-refractivity contribution in [2.45, 2.75) is 13.0 Å². The molecule has 1 N–H and O–H groups in total. The highest BCUT2D eigenvalue weighted by Crippen LogP contribution is 2.27. The molecule has 0 atom stereocenters. The minimum atomic E-state index is -0.0931. The molecule has 0 radical (unpaired) electrons. The van der Waals surface area contributed by atoms with Crippen LogP contribution in [0, 0.1) is 0 Å². The summed E-state index contributed by atoms with van der Waals surface area (Å²) in [4.78, 5) is 11.8. The lowest BCUT2D eigenvalue weighted by Gasteiger charge is -2.09. The van der Waals surface area contributed by atoms with Crippen molar-refractivity contribution in [2.24, 2.45) is 0 Å². The molecule has 0 unspecified atom stereocenters. The Morgan fingerprint density at radius 1 is 1.53 bits per heavy atom. The molecule has 6 nitrogen and oxygen atoms in total. The topological polar surface area (TPSA) is 69.0 Å². The molecule has 0 fully saturated rings. The summed E-state index contributed by atoms with van der Waals surface area (Å²) in [5, 5.41) is 10.3. The molecule has 0 aliphatic rings. The average Bonchev–Trinajstić information content (AvgIpc) is 2.92. The first-order valence-electron chi connectivity index (χ1n) is 5.66. The normalized spacial score (nSPS) is 10.2. The highest BCUT2D eigenvalue weighted by molar-refractivity contribution is 9.10. The zero-order valence-electron chi connectivity index (χ0n) is 10.3. The van der Waals surface area contributed by atoms with Gasteiger partial charge < -0.3 is 10.1 Å². The Bertz CT molecular complexity index is 557. The number of aryl methyl sites for hydroxylation is 1. The van der Waals surface area contributed by atoms with E-state index < -0.39 is 0 Å². The Kier molecular flexibility index (Phi) is 4.51. The second-order valence-corrected chi connectivity index (χ2v) is 4.66. The number of halogens is 1. The molecule has 2 rings (SSSR count). The van der Waals surface area contributed by atoms with Gasteiger partial charge in [0.15, 0.2) is 0 Å². The molecular formula is C12H13BrN4O2. The van der Waals surface area contributed by atoms with Crippen molar-refractivity contribution in [1.82, 2.24) is 15.0 Å². The van der Waals surface area contributed by atoms with Gasteiger partial charge in [-0.25, -0.2) is 0 Å². The Labute approximate surface area is 118 Å². The molecule has 0 spiro atoms. The number of nitrogens with one attached hydrogen (secondary N) is 1. The van der Waals surface area contributed by atoms with Gasteiger partial charge in [0, 0.05) is 23.2 Å². The smallest absolute Gasteiger partial charge is 0.226 e. The number of rotatable bonds is 5. The molecule has 1 heterocycles. The lowest BCUT2D eigenvalue weighted by Crippen LogP contribution is -2.15. The fraction of sp³-hybridized carbons (Fsp3) is 0.250. The Hall–Kier alpha value is -1.89. The number of anilines is 1. The van der Waals surface area contributed by atoms with E-state index in [0.29, 0.717) is 24.4 Å². The van der Waals surface area contributed by atoms with Gasteiger partial charge in [0.05, 0.1) is 25.5 Å². The van der Waals surface area contributed by atoms with E-state index in [2.05, 4.69) is 31.6 Å². The zero-order valence-corrected chi connectivity index (χ0v) is 11.9. The van der Waals surface area contributed by atoms with Gasteiger partial charge in [0.1, 0.15) is 5.75 Å². The van der Waals surface area contributed by atoms with Crippen LogP contribution in [0.3, 0.4) is 0 Å². The monoisotopic (exact) mass is 324 g/mol. The molecule has 2 aromatic rings. The van der Waals surface area contributed by atoms with Crippen LogP contribution in [0.1, 0.15) is 6.42 Å². The molecule has 0 bridgehead atoms. The number of aromatic nitrogens is 3. The van der Waals surface area contributed by atoms with Gasteiger partial charge in [0.2, 0.25) is 5.91 Å². The van der Waals surface area contributed by atoms with E-state index in [1.165, 1.54) is 0 Å². The van der Waals surface area contributed by atoms with Gasteiger partial charge in [-0.05, 0) is 28.1 Å². The number of carbonyl (C=O) groups is 1. The fourth-order valence-electron chi connectivity index (χ4n) is 1.51. The highest BCUT2D eigenvalue weighted by atomic mass is 79.9. The summed E-state index contributed by atoms with van der Waals surface area (Å²) in [5.41, 5.74) is 0.683. The molecule has 1 aromatic carbocycles.